The molecule has 0 unspecified atom stereocenters. The number of hydrogen-bond acceptors (Lipinski definition) is 1. The average Bonchev–Trinajstić information content (AvgIpc) is 2.35. The second-order valence-electron chi connectivity index (χ2n) is 3.79. The number of rotatable bonds is 0. The third-order valence-electron chi connectivity index (χ3n) is 2.50. The molecule has 1 heteroatoms. The number of aliphatic imine (C=N–C) groups is 1. The number of nitrogens with zero attached hydrogens (tertiary/aromatic N) is 1. The zero-order valence-electron chi connectivity index (χ0n) is 9.26. The van der Waals surface area contributed by atoms with Gasteiger partial charge in [0.05, 0.1) is 5.69 Å². The summed E-state index contributed by atoms with van der Waals surface area (Å²) in [6.45, 7) is 3.92. The van der Waals surface area contributed by atoms with Gasteiger partial charge in [-0.15, -0.1) is 0 Å². The predicted octanol–water partition coefficient (Wildman–Crippen LogP) is 4.00. The van der Waals surface area contributed by atoms with Gasteiger partial charge in [0.1, 0.15) is 0 Å². The Morgan fingerprint density at radius 1 is 1.12 bits per heavy atom. The number of para-hydroxylation sites is 1. The van der Waals surface area contributed by atoms with E-state index >= 15 is 0 Å². The fourth-order valence-corrected chi connectivity index (χ4v) is 1.64. The fourth-order valence-electron chi connectivity index (χ4n) is 1.64. The molecule has 0 atom stereocenters. The first kappa shape index (κ1) is 10.6. The number of benzene rings is 1. The highest BCUT2D eigenvalue weighted by Crippen LogP contribution is 2.20. The maximum Gasteiger partial charge on any atom is 0.0661 e. The van der Waals surface area contributed by atoms with Crippen LogP contribution >= 0.6 is 0 Å². The molecule has 0 N–H and O–H groups in total. The summed E-state index contributed by atoms with van der Waals surface area (Å²) in [7, 11) is 0. The van der Waals surface area contributed by atoms with Crippen LogP contribution in [0.5, 0.6) is 0 Å². The van der Waals surface area contributed by atoms with E-state index in [1.807, 2.05) is 30.5 Å². The molecule has 1 aliphatic heterocycles. The Kier molecular flexibility index (Phi) is 3.50. The highest BCUT2D eigenvalue weighted by atomic mass is 14.7. The van der Waals surface area contributed by atoms with Gasteiger partial charge in [-0.2, -0.15) is 0 Å². The lowest BCUT2D eigenvalue weighted by Crippen LogP contribution is -1.84. The summed E-state index contributed by atoms with van der Waals surface area (Å²) in [5.41, 5.74) is 3.26. The Morgan fingerprint density at radius 2 is 2.00 bits per heavy atom. The first-order valence-corrected chi connectivity index (χ1v) is 5.50. The third-order valence-corrected chi connectivity index (χ3v) is 2.50. The van der Waals surface area contributed by atoms with Crippen molar-refractivity contribution in [2.45, 2.75) is 12.8 Å². The molecule has 0 bridgehead atoms. The Hall–Kier alpha value is -1.89. The number of aryl methyl sites for hydroxylation is 1. The zero-order valence-corrected chi connectivity index (χ0v) is 9.26. The SMILES string of the molecule is C=C1/C=C\C=C/CCc2ccccc2/N=C\1. The second kappa shape index (κ2) is 5.26. The fraction of sp³-hybridized carbons (Fsp3) is 0.133. The second-order valence-corrected chi connectivity index (χ2v) is 3.79. The molecular formula is C15H15N. The van der Waals surface area contributed by atoms with E-state index in [2.05, 4.69) is 35.9 Å². The molecule has 0 saturated carbocycles. The van der Waals surface area contributed by atoms with Gasteiger partial charge in [-0.25, -0.2) is 0 Å². The Labute approximate surface area is 96.5 Å². The highest BCUT2D eigenvalue weighted by molar-refractivity contribution is 5.84. The molecule has 2 rings (SSSR count). The summed E-state index contributed by atoms with van der Waals surface area (Å²) in [6.07, 6.45) is 12.1. The average molecular weight is 209 g/mol. The van der Waals surface area contributed by atoms with Crippen LogP contribution in [0, 0.1) is 0 Å². The van der Waals surface area contributed by atoms with E-state index in [4.69, 9.17) is 0 Å². The number of hydrogen-bond donors (Lipinski definition) is 0. The van der Waals surface area contributed by atoms with E-state index < -0.39 is 0 Å². The van der Waals surface area contributed by atoms with Crippen LogP contribution in [-0.2, 0) is 6.42 Å². The van der Waals surface area contributed by atoms with Crippen LogP contribution in [0.3, 0.4) is 0 Å². The molecule has 0 spiro atoms. The van der Waals surface area contributed by atoms with Gasteiger partial charge in [0.2, 0.25) is 0 Å². The van der Waals surface area contributed by atoms with Gasteiger partial charge in [-0.05, 0) is 30.0 Å². The summed E-state index contributed by atoms with van der Waals surface area (Å²) in [5, 5.41) is 0. The molecule has 0 saturated heterocycles. The smallest absolute Gasteiger partial charge is 0.0661 e. The molecule has 1 aliphatic rings. The van der Waals surface area contributed by atoms with Gasteiger partial charge in [-0.1, -0.05) is 49.1 Å². The summed E-state index contributed by atoms with van der Waals surface area (Å²) < 4.78 is 0. The highest BCUT2D eigenvalue weighted by Gasteiger charge is 1.98. The lowest BCUT2D eigenvalue weighted by atomic mass is 10.1. The predicted molar refractivity (Wildman–Crippen MR) is 70.3 cm³/mol. The van der Waals surface area contributed by atoms with E-state index in [0.29, 0.717) is 0 Å². The van der Waals surface area contributed by atoms with E-state index in [1.165, 1.54) is 5.56 Å². The van der Waals surface area contributed by atoms with Crippen LogP contribution in [0.15, 0.2) is 65.7 Å². The summed E-state index contributed by atoms with van der Waals surface area (Å²) in [6, 6.07) is 8.26. The van der Waals surface area contributed by atoms with Crippen molar-refractivity contribution in [1.82, 2.24) is 0 Å². The van der Waals surface area contributed by atoms with Crippen molar-refractivity contribution in [2.75, 3.05) is 0 Å². The lowest BCUT2D eigenvalue weighted by molar-refractivity contribution is 1.00. The van der Waals surface area contributed by atoms with Crippen LogP contribution in [0.25, 0.3) is 0 Å². The summed E-state index contributed by atoms with van der Waals surface area (Å²) >= 11 is 0. The Morgan fingerprint density at radius 3 is 2.94 bits per heavy atom. The number of fused-ring (bicyclic) bond motifs is 1. The molecule has 1 nitrogen and oxygen atoms in total. The largest absolute Gasteiger partial charge is 0.256 e. The van der Waals surface area contributed by atoms with Crippen LogP contribution in [-0.4, -0.2) is 6.21 Å². The number of allylic oxidation sites excluding steroid dienone is 5. The molecule has 80 valence electrons. The Bertz CT molecular complexity index is 464. The van der Waals surface area contributed by atoms with Crippen LogP contribution in [0.4, 0.5) is 5.69 Å². The molecule has 0 amide bonds. The monoisotopic (exact) mass is 209 g/mol. The first-order chi connectivity index (χ1) is 7.86. The maximum atomic E-state index is 4.47. The molecule has 0 radical (unpaired) electrons. The molecule has 0 aromatic heterocycles. The van der Waals surface area contributed by atoms with Crippen molar-refractivity contribution < 1.29 is 0 Å². The van der Waals surface area contributed by atoms with E-state index in [0.717, 1.165) is 24.1 Å². The van der Waals surface area contributed by atoms with Crippen molar-refractivity contribution >= 4 is 11.9 Å². The minimum atomic E-state index is 0.918. The van der Waals surface area contributed by atoms with Gasteiger partial charge < -0.3 is 0 Å². The normalized spacial score (nSPS) is 21.6. The van der Waals surface area contributed by atoms with Gasteiger partial charge in [0.15, 0.2) is 0 Å². The maximum absolute atomic E-state index is 4.47. The molecule has 0 aliphatic carbocycles. The summed E-state index contributed by atoms with van der Waals surface area (Å²) in [5.74, 6) is 0. The molecule has 1 heterocycles. The molecule has 0 fully saturated rings. The quantitative estimate of drug-likeness (QED) is 0.612. The zero-order chi connectivity index (χ0) is 11.2. The van der Waals surface area contributed by atoms with Crippen LogP contribution in [0.2, 0.25) is 0 Å². The van der Waals surface area contributed by atoms with Gasteiger partial charge in [0.25, 0.3) is 0 Å². The van der Waals surface area contributed by atoms with E-state index in [9.17, 15) is 0 Å². The van der Waals surface area contributed by atoms with E-state index in [1.54, 1.807) is 0 Å². The third kappa shape index (κ3) is 2.80. The van der Waals surface area contributed by atoms with E-state index in [-0.39, 0.29) is 0 Å². The van der Waals surface area contributed by atoms with Crippen molar-refractivity contribution in [3.8, 4) is 0 Å². The molecule has 16 heavy (non-hydrogen) atoms. The molecular weight excluding hydrogens is 194 g/mol. The van der Waals surface area contributed by atoms with Crippen LogP contribution in [0.1, 0.15) is 12.0 Å². The standard InChI is InChI=1S/C15H15N/c1-13-8-4-2-3-5-9-14-10-6-7-11-15(14)16-12-13/h2-4,6-8,10-12H,1,5,9H2/b3-2-,8-4-,16-12-. The molecule has 1 aromatic rings. The van der Waals surface area contributed by atoms with Crippen LogP contribution < -0.4 is 0 Å². The lowest BCUT2D eigenvalue weighted by Gasteiger charge is -2.02. The van der Waals surface area contributed by atoms with Gasteiger partial charge in [0, 0.05) is 6.21 Å². The minimum absolute atomic E-state index is 0.918. The summed E-state index contributed by atoms with van der Waals surface area (Å²) in [4.78, 5) is 4.47. The van der Waals surface area contributed by atoms with Crippen molar-refractivity contribution in [3.05, 3.63) is 66.3 Å². The van der Waals surface area contributed by atoms with Crippen molar-refractivity contribution in [3.63, 3.8) is 0 Å². The topological polar surface area (TPSA) is 12.4 Å². The first-order valence-electron chi connectivity index (χ1n) is 5.50. The van der Waals surface area contributed by atoms with Gasteiger partial charge in [-0.3, -0.25) is 4.99 Å². The van der Waals surface area contributed by atoms with Crippen molar-refractivity contribution in [2.24, 2.45) is 4.99 Å². The minimum Gasteiger partial charge on any atom is -0.256 e. The Balaban J connectivity index is 2.35. The molecule has 1 aromatic carbocycles. The van der Waals surface area contributed by atoms with Gasteiger partial charge >= 0.3 is 0 Å². The van der Waals surface area contributed by atoms with Crippen molar-refractivity contribution in [1.29, 1.82) is 0 Å².